The van der Waals surface area contributed by atoms with Crippen molar-refractivity contribution in [1.82, 2.24) is 10.2 Å². The molecule has 0 spiro atoms. The van der Waals surface area contributed by atoms with E-state index in [-0.39, 0.29) is 11.6 Å². The predicted octanol–water partition coefficient (Wildman–Crippen LogP) is 4.13. The Bertz CT molecular complexity index is 831. The minimum Gasteiger partial charge on any atom is -0.368 e. The molecule has 27 heavy (non-hydrogen) atoms. The molecule has 142 valence electrons. The standard InChI is InChI=1S/C23H29N3O/c1-17-7-9-20(10-8-17)23(11-12-23)24-22(27)26-15-13-25(14-16-26)21-6-4-5-18(2)19(21)3/h4-10H,11-16H2,1-3H3,(H,24,27). The van der Waals surface area contributed by atoms with E-state index < -0.39 is 0 Å². The Morgan fingerprint density at radius 1 is 0.926 bits per heavy atom. The van der Waals surface area contributed by atoms with Gasteiger partial charge in [-0.3, -0.25) is 0 Å². The van der Waals surface area contributed by atoms with Crippen molar-refractivity contribution >= 4 is 11.7 Å². The number of carbonyl (C=O) groups excluding carboxylic acids is 1. The zero-order chi connectivity index (χ0) is 19.0. The highest BCUT2D eigenvalue weighted by Gasteiger charge is 2.46. The Balaban J connectivity index is 1.38. The Kier molecular flexibility index (Phi) is 4.58. The molecule has 0 unspecified atom stereocenters. The van der Waals surface area contributed by atoms with Crippen molar-refractivity contribution in [1.29, 1.82) is 0 Å². The van der Waals surface area contributed by atoms with E-state index in [0.29, 0.717) is 0 Å². The molecule has 0 atom stereocenters. The van der Waals surface area contributed by atoms with Crippen molar-refractivity contribution < 1.29 is 4.79 Å². The number of amides is 2. The molecule has 0 aromatic heterocycles. The maximum absolute atomic E-state index is 12.9. The van der Waals surface area contributed by atoms with Crippen LogP contribution in [0.1, 0.15) is 35.1 Å². The Morgan fingerprint density at radius 3 is 2.22 bits per heavy atom. The minimum absolute atomic E-state index is 0.0775. The summed E-state index contributed by atoms with van der Waals surface area (Å²) in [5, 5.41) is 3.32. The van der Waals surface area contributed by atoms with Crippen LogP contribution < -0.4 is 10.2 Å². The number of nitrogens with zero attached hydrogens (tertiary/aromatic N) is 2. The number of rotatable bonds is 3. The van der Waals surface area contributed by atoms with E-state index in [1.54, 1.807) is 0 Å². The highest BCUT2D eigenvalue weighted by atomic mass is 16.2. The van der Waals surface area contributed by atoms with E-state index >= 15 is 0 Å². The van der Waals surface area contributed by atoms with Crippen LogP contribution in [-0.2, 0) is 5.54 Å². The summed E-state index contributed by atoms with van der Waals surface area (Å²) in [6.07, 6.45) is 2.06. The molecule has 2 fully saturated rings. The van der Waals surface area contributed by atoms with Crippen LogP contribution in [0.15, 0.2) is 42.5 Å². The van der Waals surface area contributed by atoms with Crippen LogP contribution in [0.2, 0.25) is 0 Å². The first-order chi connectivity index (χ1) is 13.0. The molecule has 2 aromatic rings. The molecular formula is C23H29N3O. The maximum atomic E-state index is 12.9. The molecule has 1 saturated carbocycles. The Hall–Kier alpha value is -2.49. The number of piperazine rings is 1. The van der Waals surface area contributed by atoms with Gasteiger partial charge in [0.15, 0.2) is 0 Å². The molecule has 4 heteroatoms. The van der Waals surface area contributed by atoms with Crippen LogP contribution in [0.3, 0.4) is 0 Å². The van der Waals surface area contributed by atoms with Crippen LogP contribution in [0, 0.1) is 20.8 Å². The largest absolute Gasteiger partial charge is 0.368 e. The average molecular weight is 364 g/mol. The van der Waals surface area contributed by atoms with Gasteiger partial charge in [0.25, 0.3) is 0 Å². The van der Waals surface area contributed by atoms with Crippen molar-refractivity contribution in [3.63, 3.8) is 0 Å². The molecule has 1 heterocycles. The second kappa shape index (κ2) is 6.91. The van der Waals surface area contributed by atoms with E-state index in [1.165, 1.54) is 27.9 Å². The van der Waals surface area contributed by atoms with Gasteiger partial charge in [-0.05, 0) is 56.4 Å². The molecule has 2 amide bonds. The SMILES string of the molecule is Cc1ccc(C2(NC(=O)N3CCN(c4cccc(C)c4C)CC3)CC2)cc1. The van der Waals surface area contributed by atoms with E-state index in [2.05, 4.69) is 73.5 Å². The van der Waals surface area contributed by atoms with Crippen molar-refractivity contribution in [2.24, 2.45) is 0 Å². The van der Waals surface area contributed by atoms with Gasteiger partial charge >= 0.3 is 6.03 Å². The quantitative estimate of drug-likeness (QED) is 0.890. The van der Waals surface area contributed by atoms with E-state index in [9.17, 15) is 4.79 Å². The van der Waals surface area contributed by atoms with Crippen LogP contribution in [0.25, 0.3) is 0 Å². The van der Waals surface area contributed by atoms with Crippen LogP contribution in [-0.4, -0.2) is 37.1 Å². The summed E-state index contributed by atoms with van der Waals surface area (Å²) < 4.78 is 0. The lowest BCUT2D eigenvalue weighted by Crippen LogP contribution is -2.53. The van der Waals surface area contributed by atoms with Crippen molar-refractivity contribution in [3.05, 3.63) is 64.7 Å². The second-order valence-corrected chi connectivity index (χ2v) is 8.07. The summed E-state index contributed by atoms with van der Waals surface area (Å²) in [7, 11) is 0. The molecule has 4 rings (SSSR count). The smallest absolute Gasteiger partial charge is 0.318 e. The van der Waals surface area contributed by atoms with Gasteiger partial charge in [0.1, 0.15) is 0 Å². The molecule has 1 N–H and O–H groups in total. The number of anilines is 1. The van der Waals surface area contributed by atoms with Gasteiger partial charge in [-0.1, -0.05) is 42.0 Å². The molecule has 1 aliphatic heterocycles. The molecule has 1 saturated heterocycles. The Labute approximate surface area is 162 Å². The van der Waals surface area contributed by atoms with Gasteiger partial charge in [0, 0.05) is 31.9 Å². The molecule has 4 nitrogen and oxygen atoms in total. The summed E-state index contributed by atoms with van der Waals surface area (Å²) in [5.74, 6) is 0. The number of hydrogen-bond donors (Lipinski definition) is 1. The van der Waals surface area contributed by atoms with E-state index in [4.69, 9.17) is 0 Å². The molecule has 2 aromatic carbocycles. The number of nitrogens with one attached hydrogen (secondary N) is 1. The summed E-state index contributed by atoms with van der Waals surface area (Å²) in [5.41, 5.74) is 6.30. The zero-order valence-corrected chi connectivity index (χ0v) is 16.6. The summed E-state index contributed by atoms with van der Waals surface area (Å²) in [6.45, 7) is 9.74. The fraction of sp³-hybridized carbons (Fsp3) is 0.435. The van der Waals surface area contributed by atoms with E-state index in [1.807, 2.05) is 4.90 Å². The third kappa shape index (κ3) is 3.53. The predicted molar refractivity (Wildman–Crippen MR) is 110 cm³/mol. The summed E-state index contributed by atoms with van der Waals surface area (Å²) in [6, 6.07) is 15.1. The molecule has 0 bridgehead atoms. The third-order valence-corrected chi connectivity index (χ3v) is 6.18. The van der Waals surface area contributed by atoms with Gasteiger partial charge in [-0.25, -0.2) is 4.79 Å². The second-order valence-electron chi connectivity index (χ2n) is 8.07. The fourth-order valence-corrected chi connectivity index (χ4v) is 4.00. The number of carbonyl (C=O) groups is 1. The van der Waals surface area contributed by atoms with E-state index in [0.717, 1.165) is 39.0 Å². The lowest BCUT2D eigenvalue weighted by Gasteiger charge is -2.37. The van der Waals surface area contributed by atoms with Crippen molar-refractivity contribution in [3.8, 4) is 0 Å². The van der Waals surface area contributed by atoms with Crippen molar-refractivity contribution in [2.75, 3.05) is 31.1 Å². The minimum atomic E-state index is -0.144. The van der Waals surface area contributed by atoms with Gasteiger partial charge in [0.2, 0.25) is 0 Å². The van der Waals surface area contributed by atoms with Gasteiger partial charge < -0.3 is 15.1 Å². The zero-order valence-electron chi connectivity index (χ0n) is 16.6. The molecule has 2 aliphatic rings. The highest BCUT2D eigenvalue weighted by molar-refractivity contribution is 5.76. The Morgan fingerprint density at radius 2 is 1.59 bits per heavy atom. The maximum Gasteiger partial charge on any atom is 0.318 e. The number of benzene rings is 2. The van der Waals surface area contributed by atoms with Gasteiger partial charge in [-0.2, -0.15) is 0 Å². The third-order valence-electron chi connectivity index (χ3n) is 6.18. The molecular weight excluding hydrogens is 334 g/mol. The number of hydrogen-bond acceptors (Lipinski definition) is 2. The van der Waals surface area contributed by atoms with Crippen LogP contribution in [0.5, 0.6) is 0 Å². The van der Waals surface area contributed by atoms with Gasteiger partial charge in [0.05, 0.1) is 5.54 Å². The molecule has 0 radical (unpaired) electrons. The lowest BCUT2D eigenvalue weighted by molar-refractivity contribution is 0.189. The number of aryl methyl sites for hydroxylation is 2. The summed E-state index contributed by atoms with van der Waals surface area (Å²) in [4.78, 5) is 17.2. The van der Waals surface area contributed by atoms with Gasteiger partial charge in [-0.15, -0.1) is 0 Å². The first-order valence-corrected chi connectivity index (χ1v) is 9.94. The normalized spacial score (nSPS) is 18.3. The number of urea groups is 1. The highest BCUT2D eigenvalue weighted by Crippen LogP contribution is 2.45. The fourth-order valence-electron chi connectivity index (χ4n) is 4.00. The first kappa shape index (κ1) is 17.9. The van der Waals surface area contributed by atoms with Crippen molar-refractivity contribution in [2.45, 2.75) is 39.2 Å². The topological polar surface area (TPSA) is 35.6 Å². The van der Waals surface area contributed by atoms with Crippen LogP contribution >= 0.6 is 0 Å². The summed E-state index contributed by atoms with van der Waals surface area (Å²) >= 11 is 0. The lowest BCUT2D eigenvalue weighted by atomic mass is 10.0. The molecule has 1 aliphatic carbocycles. The first-order valence-electron chi connectivity index (χ1n) is 9.94. The average Bonchev–Trinajstić information content (AvgIpc) is 3.45. The van der Waals surface area contributed by atoms with Crippen LogP contribution in [0.4, 0.5) is 10.5 Å². The monoisotopic (exact) mass is 363 g/mol.